The highest BCUT2D eigenvalue weighted by molar-refractivity contribution is 8.02. The van der Waals surface area contributed by atoms with Crippen LogP contribution in [0.1, 0.15) is 0 Å². The molecule has 29 heavy (non-hydrogen) atoms. The van der Waals surface area contributed by atoms with Crippen molar-refractivity contribution in [3.8, 4) is 0 Å². The number of hydrogen-bond donors (Lipinski definition) is 0. The average Bonchev–Trinajstić information content (AvgIpc) is 2.76. The summed E-state index contributed by atoms with van der Waals surface area (Å²) in [6, 6.07) is 0. The quantitative estimate of drug-likeness (QED) is 0.388. The molecule has 4 heterocycles. The molecule has 0 radical (unpaired) electrons. The fraction of sp³-hybridized carbons (Fsp3) is 0.200. The van der Waals surface area contributed by atoms with Gasteiger partial charge in [-0.25, -0.2) is 0 Å². The second-order valence-electron chi connectivity index (χ2n) is 5.88. The molecule has 152 valence electrons. The fourth-order valence-electron chi connectivity index (χ4n) is 2.48. The van der Waals surface area contributed by atoms with Crippen molar-refractivity contribution in [3.05, 3.63) is 93.3 Å². The van der Waals surface area contributed by atoms with Crippen LogP contribution in [0.15, 0.2) is 93.3 Å². The van der Waals surface area contributed by atoms with Crippen LogP contribution in [0.25, 0.3) is 0 Å². The summed E-state index contributed by atoms with van der Waals surface area (Å²) in [5.74, 6) is 6.18. The van der Waals surface area contributed by atoms with Crippen LogP contribution in [0.4, 0.5) is 0 Å². The molecule has 0 N–H and O–H groups in total. The second kappa shape index (κ2) is 10.7. The lowest BCUT2D eigenvalue weighted by atomic mass is 10.4. The molecule has 0 atom stereocenters. The molecular formula is C20H20O4S4Si. The Bertz CT molecular complexity index is 713. The molecule has 0 spiro atoms. The summed E-state index contributed by atoms with van der Waals surface area (Å²) in [7, 11) is -3.66. The smallest absolute Gasteiger partial charge is 0.453 e. The van der Waals surface area contributed by atoms with E-state index in [1.165, 1.54) is 0 Å². The van der Waals surface area contributed by atoms with Crippen molar-refractivity contribution in [2.45, 2.75) is 0 Å². The second-order valence-corrected chi connectivity index (χ2v) is 11.5. The van der Waals surface area contributed by atoms with Gasteiger partial charge < -0.3 is 17.7 Å². The first-order valence-corrected chi connectivity index (χ1v) is 14.8. The Morgan fingerprint density at radius 1 is 0.483 bits per heavy atom. The van der Waals surface area contributed by atoms with Crippen molar-refractivity contribution in [3.63, 3.8) is 0 Å². The molecule has 0 saturated heterocycles. The van der Waals surface area contributed by atoms with Gasteiger partial charge in [-0.15, -0.1) is 47.0 Å². The fourth-order valence-corrected chi connectivity index (χ4v) is 6.90. The van der Waals surface area contributed by atoms with Crippen LogP contribution in [0.2, 0.25) is 0 Å². The molecule has 4 aliphatic rings. The van der Waals surface area contributed by atoms with Crippen LogP contribution in [0.3, 0.4) is 0 Å². The van der Waals surface area contributed by atoms with Gasteiger partial charge in [0.25, 0.3) is 0 Å². The summed E-state index contributed by atoms with van der Waals surface area (Å²) < 4.78 is 25.5. The lowest BCUT2D eigenvalue weighted by Gasteiger charge is -2.31. The van der Waals surface area contributed by atoms with Gasteiger partial charge in [0.1, 0.15) is 23.0 Å². The molecule has 0 aromatic heterocycles. The van der Waals surface area contributed by atoms with E-state index in [2.05, 4.69) is 0 Å². The molecule has 9 heteroatoms. The lowest BCUT2D eigenvalue weighted by molar-refractivity contribution is 0.0520. The average molecular weight is 481 g/mol. The predicted octanol–water partition coefficient (Wildman–Crippen LogP) is 6.07. The maximum atomic E-state index is 6.38. The first-order chi connectivity index (χ1) is 14.3. The van der Waals surface area contributed by atoms with E-state index in [9.17, 15) is 0 Å². The SMILES string of the molecule is C1=CC(O[Si](OC2=CCSC=C2)(OC2=CCSC=C2)OC2=CCSC=C2)=CCS1. The van der Waals surface area contributed by atoms with Crippen LogP contribution >= 0.6 is 47.0 Å². The highest BCUT2D eigenvalue weighted by Gasteiger charge is 2.59. The summed E-state index contributed by atoms with van der Waals surface area (Å²) in [6.45, 7) is 0. The van der Waals surface area contributed by atoms with E-state index in [0.29, 0.717) is 23.0 Å². The summed E-state index contributed by atoms with van der Waals surface area (Å²) >= 11 is 6.85. The van der Waals surface area contributed by atoms with E-state index >= 15 is 0 Å². The van der Waals surface area contributed by atoms with Crippen LogP contribution < -0.4 is 0 Å². The molecule has 4 nitrogen and oxygen atoms in total. The van der Waals surface area contributed by atoms with Crippen molar-refractivity contribution in [2.24, 2.45) is 0 Å². The third-order valence-corrected chi connectivity index (χ3v) is 8.50. The summed E-state index contributed by atoms with van der Waals surface area (Å²) in [5, 5.41) is 8.05. The third kappa shape index (κ3) is 6.36. The van der Waals surface area contributed by atoms with E-state index in [1.54, 1.807) is 47.0 Å². The Morgan fingerprint density at radius 2 is 0.759 bits per heavy atom. The molecule has 4 aliphatic heterocycles. The van der Waals surface area contributed by atoms with Crippen LogP contribution in [-0.2, 0) is 17.7 Å². The highest BCUT2D eigenvalue weighted by Crippen LogP contribution is 2.32. The minimum Gasteiger partial charge on any atom is -0.453 e. The predicted molar refractivity (Wildman–Crippen MR) is 129 cm³/mol. The minimum absolute atomic E-state index is 0.703. The van der Waals surface area contributed by atoms with Gasteiger partial charge in [0, 0.05) is 23.0 Å². The zero-order valence-corrected chi connectivity index (χ0v) is 19.8. The van der Waals surface area contributed by atoms with E-state index in [4.69, 9.17) is 17.7 Å². The Morgan fingerprint density at radius 3 is 0.966 bits per heavy atom. The number of thioether (sulfide) groups is 4. The maximum absolute atomic E-state index is 6.38. The van der Waals surface area contributed by atoms with Gasteiger partial charge in [-0.1, -0.05) is 0 Å². The molecule has 0 aliphatic carbocycles. The minimum atomic E-state index is -3.66. The van der Waals surface area contributed by atoms with Crippen molar-refractivity contribution in [1.82, 2.24) is 0 Å². The Hall–Kier alpha value is -1.26. The number of hydrogen-bond acceptors (Lipinski definition) is 8. The Kier molecular flexibility index (Phi) is 7.72. The zero-order valence-electron chi connectivity index (χ0n) is 15.5. The van der Waals surface area contributed by atoms with E-state index in [1.807, 2.05) is 70.2 Å². The molecule has 0 amide bonds. The van der Waals surface area contributed by atoms with Gasteiger partial charge in [-0.2, -0.15) is 0 Å². The summed E-state index contributed by atoms with van der Waals surface area (Å²) in [4.78, 5) is 0. The molecule has 0 bridgehead atoms. The molecule has 4 rings (SSSR count). The van der Waals surface area contributed by atoms with Crippen molar-refractivity contribution in [2.75, 3.05) is 23.0 Å². The first kappa shape index (κ1) is 21.0. The largest absolute Gasteiger partial charge is 0.966 e. The van der Waals surface area contributed by atoms with Crippen LogP contribution in [0.5, 0.6) is 0 Å². The monoisotopic (exact) mass is 480 g/mol. The van der Waals surface area contributed by atoms with Crippen molar-refractivity contribution >= 4 is 56.1 Å². The topological polar surface area (TPSA) is 36.9 Å². The summed E-state index contributed by atoms with van der Waals surface area (Å²) in [5.41, 5.74) is 0. The zero-order chi connectivity index (χ0) is 19.8. The third-order valence-electron chi connectivity index (χ3n) is 3.81. The lowest BCUT2D eigenvalue weighted by Crippen LogP contribution is -2.48. The molecular weight excluding hydrogens is 461 g/mol. The van der Waals surface area contributed by atoms with Crippen molar-refractivity contribution < 1.29 is 17.7 Å². The molecule has 0 fully saturated rings. The first-order valence-electron chi connectivity index (χ1n) is 9.01. The van der Waals surface area contributed by atoms with Gasteiger partial charge >= 0.3 is 9.05 Å². The van der Waals surface area contributed by atoms with Gasteiger partial charge in [-0.05, 0) is 70.2 Å². The van der Waals surface area contributed by atoms with Gasteiger partial charge in [0.15, 0.2) is 0 Å². The van der Waals surface area contributed by atoms with Crippen molar-refractivity contribution in [1.29, 1.82) is 0 Å². The van der Waals surface area contributed by atoms with E-state index in [-0.39, 0.29) is 0 Å². The van der Waals surface area contributed by atoms with E-state index < -0.39 is 9.05 Å². The van der Waals surface area contributed by atoms with E-state index in [0.717, 1.165) is 23.0 Å². The molecule has 0 aromatic rings. The van der Waals surface area contributed by atoms with Gasteiger partial charge in [0.05, 0.1) is 0 Å². The maximum Gasteiger partial charge on any atom is 0.966 e. The van der Waals surface area contributed by atoms with Gasteiger partial charge in [-0.3, -0.25) is 0 Å². The summed E-state index contributed by atoms with van der Waals surface area (Å²) in [6.07, 6.45) is 15.8. The van der Waals surface area contributed by atoms with Crippen LogP contribution in [-0.4, -0.2) is 32.1 Å². The van der Waals surface area contributed by atoms with Crippen LogP contribution in [0, 0.1) is 0 Å². The molecule has 0 saturated carbocycles. The standard InChI is InChI=1S/C20H20O4S4Si/c1-9-25-10-2-17(1)21-29(22-18-3-11-26-12-4-18,23-19-5-13-27-14-6-19)24-20-7-15-28-16-8-20/h1-9,11,13,15H,10,12,14,16H2. The normalized spacial score (nSPS) is 21.0. The Balaban J connectivity index is 1.66. The van der Waals surface area contributed by atoms with Gasteiger partial charge in [0.2, 0.25) is 0 Å². The number of rotatable bonds is 8. The Labute approximate surface area is 189 Å². The number of allylic oxidation sites excluding steroid dienone is 4. The molecule has 0 aromatic carbocycles. The molecule has 0 unspecified atom stereocenters. The highest BCUT2D eigenvalue weighted by atomic mass is 32.2.